The predicted molar refractivity (Wildman–Crippen MR) is 84.4 cm³/mol. The Morgan fingerprint density at radius 2 is 2.25 bits per heavy atom. The zero-order chi connectivity index (χ0) is 16.8. The average Bonchev–Trinajstić information content (AvgIpc) is 3.23. The van der Waals surface area contributed by atoms with Gasteiger partial charge in [0, 0.05) is 37.6 Å². The molecule has 2 heterocycles. The zero-order valence-electron chi connectivity index (χ0n) is 12.8. The smallest absolute Gasteiger partial charge is 0.290 e. The molecule has 0 bridgehead atoms. The Bertz CT molecular complexity index is 799. The van der Waals surface area contributed by atoms with Crippen molar-refractivity contribution in [3.8, 4) is 11.7 Å². The summed E-state index contributed by atoms with van der Waals surface area (Å²) in [6.07, 6.45) is 6.08. The number of amides is 1. The number of nitrogens with zero attached hydrogens (tertiary/aromatic N) is 2. The topological polar surface area (TPSA) is 69.3 Å². The van der Waals surface area contributed by atoms with E-state index in [1.807, 2.05) is 10.8 Å². The number of nitrogens with one attached hydrogen (secondary N) is 1. The molecule has 0 spiro atoms. The Kier molecular flexibility index (Phi) is 4.90. The molecular formula is C17H16FN3O3. The largest absolute Gasteiger partial charge is 0.426 e. The second kappa shape index (κ2) is 7.45. The summed E-state index contributed by atoms with van der Waals surface area (Å²) in [7, 11) is 0. The van der Waals surface area contributed by atoms with Gasteiger partial charge < -0.3 is 19.0 Å². The van der Waals surface area contributed by atoms with Crippen LogP contribution in [0, 0.1) is 5.82 Å². The Morgan fingerprint density at radius 3 is 3.04 bits per heavy atom. The predicted octanol–water partition coefficient (Wildman–Crippen LogP) is 3.23. The lowest BCUT2D eigenvalue weighted by atomic mass is 10.3. The maximum absolute atomic E-state index is 13.1. The van der Waals surface area contributed by atoms with Crippen molar-refractivity contribution in [3.05, 3.63) is 66.7 Å². The Labute approximate surface area is 137 Å². The fraction of sp³-hybridized carbons (Fsp3) is 0.176. The lowest BCUT2D eigenvalue weighted by Crippen LogP contribution is -2.24. The van der Waals surface area contributed by atoms with Crippen LogP contribution in [-0.4, -0.2) is 22.0 Å². The van der Waals surface area contributed by atoms with Gasteiger partial charge in [0.1, 0.15) is 11.6 Å². The number of aromatic nitrogens is 2. The monoisotopic (exact) mass is 329 g/mol. The van der Waals surface area contributed by atoms with Gasteiger partial charge in [-0.05, 0) is 24.6 Å². The van der Waals surface area contributed by atoms with Crippen molar-refractivity contribution in [1.29, 1.82) is 0 Å². The summed E-state index contributed by atoms with van der Waals surface area (Å²) < 4.78 is 25.7. The van der Waals surface area contributed by atoms with Gasteiger partial charge in [0.25, 0.3) is 11.9 Å². The molecule has 0 aliphatic carbocycles. The van der Waals surface area contributed by atoms with Crippen LogP contribution in [0.3, 0.4) is 0 Å². The fourth-order valence-corrected chi connectivity index (χ4v) is 2.11. The quantitative estimate of drug-likeness (QED) is 0.676. The van der Waals surface area contributed by atoms with E-state index < -0.39 is 5.82 Å². The van der Waals surface area contributed by atoms with Crippen LogP contribution in [0.2, 0.25) is 0 Å². The summed E-state index contributed by atoms with van der Waals surface area (Å²) in [5.74, 6) is -0.158. The van der Waals surface area contributed by atoms with Gasteiger partial charge in [-0.15, -0.1) is 0 Å². The number of aryl methyl sites for hydroxylation is 1. The average molecular weight is 329 g/mol. The fourth-order valence-electron chi connectivity index (χ4n) is 2.11. The highest BCUT2D eigenvalue weighted by Gasteiger charge is 2.12. The van der Waals surface area contributed by atoms with E-state index in [2.05, 4.69) is 10.3 Å². The minimum Gasteiger partial charge on any atom is -0.426 e. The van der Waals surface area contributed by atoms with Crippen LogP contribution in [0.15, 0.2) is 59.5 Å². The van der Waals surface area contributed by atoms with Crippen LogP contribution in [0.25, 0.3) is 0 Å². The summed E-state index contributed by atoms with van der Waals surface area (Å²) >= 11 is 0. The van der Waals surface area contributed by atoms with E-state index in [0.29, 0.717) is 12.3 Å². The molecule has 24 heavy (non-hydrogen) atoms. The lowest BCUT2D eigenvalue weighted by molar-refractivity contribution is 0.0920. The third kappa shape index (κ3) is 4.22. The lowest BCUT2D eigenvalue weighted by Gasteiger charge is -2.04. The highest BCUT2D eigenvalue weighted by Crippen LogP contribution is 2.24. The van der Waals surface area contributed by atoms with E-state index in [1.54, 1.807) is 18.6 Å². The van der Waals surface area contributed by atoms with E-state index >= 15 is 0 Å². The van der Waals surface area contributed by atoms with Gasteiger partial charge in [0.15, 0.2) is 5.76 Å². The van der Waals surface area contributed by atoms with Crippen LogP contribution >= 0.6 is 0 Å². The van der Waals surface area contributed by atoms with Gasteiger partial charge in [0.05, 0.1) is 6.33 Å². The third-order valence-electron chi connectivity index (χ3n) is 3.26. The van der Waals surface area contributed by atoms with Crippen molar-refractivity contribution in [2.24, 2.45) is 0 Å². The first-order valence-corrected chi connectivity index (χ1v) is 7.48. The molecular weight excluding hydrogens is 313 g/mol. The van der Waals surface area contributed by atoms with Crippen LogP contribution in [0.5, 0.6) is 11.7 Å². The molecule has 0 aliphatic heterocycles. The second-order valence-electron chi connectivity index (χ2n) is 5.09. The van der Waals surface area contributed by atoms with Gasteiger partial charge in [-0.1, -0.05) is 6.07 Å². The van der Waals surface area contributed by atoms with E-state index in [9.17, 15) is 9.18 Å². The number of rotatable bonds is 7. The van der Waals surface area contributed by atoms with Crippen molar-refractivity contribution < 1.29 is 18.3 Å². The molecule has 7 heteroatoms. The normalized spacial score (nSPS) is 10.5. The van der Waals surface area contributed by atoms with Gasteiger partial charge in [-0.3, -0.25) is 4.79 Å². The third-order valence-corrected chi connectivity index (χ3v) is 3.26. The number of carbonyl (C=O) groups excluding carboxylic acids is 1. The number of furan rings is 1. The van der Waals surface area contributed by atoms with Crippen LogP contribution in [-0.2, 0) is 6.54 Å². The first-order chi connectivity index (χ1) is 11.7. The molecule has 124 valence electrons. The zero-order valence-corrected chi connectivity index (χ0v) is 12.8. The maximum atomic E-state index is 13.1. The molecule has 3 aromatic rings. The molecule has 0 unspecified atom stereocenters. The Morgan fingerprint density at radius 1 is 1.33 bits per heavy atom. The molecule has 0 fully saturated rings. The number of hydrogen-bond donors (Lipinski definition) is 1. The first kappa shape index (κ1) is 15.8. The molecule has 1 aromatic carbocycles. The molecule has 0 radical (unpaired) electrons. The van der Waals surface area contributed by atoms with Crippen molar-refractivity contribution in [2.75, 3.05) is 6.54 Å². The minimum absolute atomic E-state index is 0.129. The number of halogens is 1. The van der Waals surface area contributed by atoms with E-state index in [4.69, 9.17) is 9.15 Å². The van der Waals surface area contributed by atoms with Crippen molar-refractivity contribution in [1.82, 2.24) is 14.9 Å². The standard InChI is InChI=1S/C17H16FN3O3/c18-13-3-1-4-14(11-13)23-16-6-5-15(24-16)17(22)20-7-2-9-21-10-8-19-12-21/h1,3-6,8,10-12H,2,7,9H2,(H,20,22). The maximum Gasteiger partial charge on any atom is 0.290 e. The number of carbonyl (C=O) groups is 1. The van der Waals surface area contributed by atoms with Crippen LogP contribution in [0.4, 0.5) is 4.39 Å². The van der Waals surface area contributed by atoms with Crippen molar-refractivity contribution in [2.45, 2.75) is 13.0 Å². The second-order valence-corrected chi connectivity index (χ2v) is 5.09. The van der Waals surface area contributed by atoms with Gasteiger partial charge >= 0.3 is 0 Å². The Hall–Kier alpha value is -3.09. The van der Waals surface area contributed by atoms with Crippen LogP contribution in [0.1, 0.15) is 17.0 Å². The molecule has 1 amide bonds. The number of ether oxygens (including phenoxy) is 1. The highest BCUT2D eigenvalue weighted by molar-refractivity contribution is 5.91. The molecule has 0 saturated heterocycles. The molecule has 2 aromatic heterocycles. The number of imidazole rings is 1. The molecule has 6 nitrogen and oxygen atoms in total. The van der Waals surface area contributed by atoms with Crippen molar-refractivity contribution in [3.63, 3.8) is 0 Å². The van der Waals surface area contributed by atoms with E-state index in [1.165, 1.54) is 30.3 Å². The summed E-state index contributed by atoms with van der Waals surface area (Å²) in [5.41, 5.74) is 0. The molecule has 0 saturated carbocycles. The highest BCUT2D eigenvalue weighted by atomic mass is 19.1. The summed E-state index contributed by atoms with van der Waals surface area (Å²) in [6, 6.07) is 8.71. The SMILES string of the molecule is O=C(NCCCn1ccnc1)c1ccc(Oc2cccc(F)c2)o1. The minimum atomic E-state index is -0.407. The molecule has 3 rings (SSSR count). The summed E-state index contributed by atoms with van der Waals surface area (Å²) in [6.45, 7) is 1.28. The first-order valence-electron chi connectivity index (χ1n) is 7.48. The number of hydrogen-bond acceptors (Lipinski definition) is 4. The summed E-state index contributed by atoms with van der Waals surface area (Å²) in [5, 5.41) is 2.77. The van der Waals surface area contributed by atoms with Gasteiger partial charge in [-0.2, -0.15) is 0 Å². The van der Waals surface area contributed by atoms with Gasteiger partial charge in [0.2, 0.25) is 0 Å². The molecule has 1 N–H and O–H groups in total. The van der Waals surface area contributed by atoms with Crippen LogP contribution < -0.4 is 10.1 Å². The van der Waals surface area contributed by atoms with Gasteiger partial charge in [-0.25, -0.2) is 9.37 Å². The summed E-state index contributed by atoms with van der Waals surface area (Å²) in [4.78, 5) is 15.9. The van der Waals surface area contributed by atoms with E-state index in [-0.39, 0.29) is 17.6 Å². The Balaban J connectivity index is 1.48. The van der Waals surface area contributed by atoms with E-state index in [0.717, 1.165) is 13.0 Å². The number of benzene rings is 1. The molecule has 0 aliphatic rings. The van der Waals surface area contributed by atoms with Crippen molar-refractivity contribution >= 4 is 5.91 Å². The molecule has 0 atom stereocenters.